The molecule has 0 aromatic rings. The van der Waals surface area contributed by atoms with E-state index < -0.39 is 0 Å². The van der Waals surface area contributed by atoms with Crippen molar-refractivity contribution in [3.05, 3.63) is 0 Å². The standard InChI is InChI=1S/C4H8INO2/c1-6-4(7)8-3-2-5/h2-3H2,1H3,(H,6,7). The van der Waals surface area contributed by atoms with Gasteiger partial charge in [-0.25, -0.2) is 4.79 Å². The first-order valence-electron chi connectivity index (χ1n) is 2.21. The summed E-state index contributed by atoms with van der Waals surface area (Å²) in [4.78, 5) is 10.2. The summed E-state index contributed by atoms with van der Waals surface area (Å²) in [6, 6.07) is 0. The maximum atomic E-state index is 10.2. The summed E-state index contributed by atoms with van der Waals surface area (Å²) in [5.74, 6) is 0. The molecule has 0 saturated heterocycles. The number of alkyl halides is 1. The number of hydrogen-bond donors (Lipinski definition) is 1. The highest BCUT2D eigenvalue weighted by Gasteiger charge is 1.92. The van der Waals surface area contributed by atoms with E-state index in [9.17, 15) is 4.79 Å². The Kier molecular flexibility index (Phi) is 5.14. The average Bonchev–Trinajstić information content (AvgIpc) is 1.83. The van der Waals surface area contributed by atoms with Crippen molar-refractivity contribution in [3.63, 3.8) is 0 Å². The van der Waals surface area contributed by atoms with Gasteiger partial charge in [0.05, 0.1) is 0 Å². The van der Waals surface area contributed by atoms with E-state index in [0.29, 0.717) is 6.61 Å². The zero-order chi connectivity index (χ0) is 6.41. The maximum Gasteiger partial charge on any atom is 0.406 e. The second-order valence-electron chi connectivity index (χ2n) is 1.07. The Balaban J connectivity index is 2.99. The molecule has 0 unspecified atom stereocenters. The Morgan fingerprint density at radius 1 is 1.88 bits per heavy atom. The fourth-order valence-corrected chi connectivity index (χ4v) is 0.424. The van der Waals surface area contributed by atoms with Gasteiger partial charge in [0.2, 0.25) is 0 Å². The highest BCUT2D eigenvalue weighted by atomic mass is 127. The minimum Gasteiger partial charge on any atom is -0.449 e. The van der Waals surface area contributed by atoms with Gasteiger partial charge in [-0.15, -0.1) is 0 Å². The molecule has 0 atom stereocenters. The van der Waals surface area contributed by atoms with Crippen LogP contribution in [0.2, 0.25) is 0 Å². The molecule has 0 aromatic carbocycles. The SMILES string of the molecule is CNC(=O)OCCI. The van der Waals surface area contributed by atoms with Gasteiger partial charge in [0.15, 0.2) is 0 Å². The number of nitrogens with one attached hydrogen (secondary N) is 1. The third kappa shape index (κ3) is 4.17. The van der Waals surface area contributed by atoms with Crippen molar-refractivity contribution in [2.45, 2.75) is 0 Å². The molecule has 0 aliphatic heterocycles. The first-order chi connectivity index (χ1) is 3.81. The lowest BCUT2D eigenvalue weighted by Gasteiger charge is -1.98. The van der Waals surface area contributed by atoms with Crippen molar-refractivity contribution in [1.82, 2.24) is 5.32 Å². The van der Waals surface area contributed by atoms with Gasteiger partial charge in [-0.3, -0.25) is 0 Å². The number of carbonyl (C=O) groups excluding carboxylic acids is 1. The molecule has 0 aromatic heterocycles. The molecule has 0 aliphatic carbocycles. The highest BCUT2D eigenvalue weighted by Crippen LogP contribution is 1.82. The largest absolute Gasteiger partial charge is 0.449 e. The van der Waals surface area contributed by atoms with Gasteiger partial charge in [0.1, 0.15) is 6.61 Å². The number of hydrogen-bond acceptors (Lipinski definition) is 2. The van der Waals surface area contributed by atoms with Crippen molar-refractivity contribution in [3.8, 4) is 0 Å². The Morgan fingerprint density at radius 2 is 2.50 bits per heavy atom. The fraction of sp³-hybridized carbons (Fsp3) is 0.750. The van der Waals surface area contributed by atoms with E-state index in [1.54, 1.807) is 0 Å². The topological polar surface area (TPSA) is 38.3 Å². The normalized spacial score (nSPS) is 8.25. The number of carbonyl (C=O) groups is 1. The van der Waals surface area contributed by atoms with E-state index in [2.05, 4.69) is 32.6 Å². The lowest BCUT2D eigenvalue weighted by Crippen LogP contribution is -2.19. The van der Waals surface area contributed by atoms with Crippen LogP contribution in [0.25, 0.3) is 0 Å². The fourth-order valence-electron chi connectivity index (χ4n) is 0.203. The zero-order valence-electron chi connectivity index (χ0n) is 4.61. The molecule has 0 bridgehead atoms. The second-order valence-corrected chi connectivity index (χ2v) is 2.15. The lowest BCUT2D eigenvalue weighted by molar-refractivity contribution is 0.156. The summed E-state index contributed by atoms with van der Waals surface area (Å²) in [6.45, 7) is 0.486. The van der Waals surface area contributed by atoms with Gasteiger partial charge in [-0.1, -0.05) is 22.6 Å². The van der Waals surface area contributed by atoms with E-state index >= 15 is 0 Å². The Labute approximate surface area is 61.9 Å². The van der Waals surface area contributed by atoms with Crippen LogP contribution in [0, 0.1) is 0 Å². The predicted octanol–water partition coefficient (Wildman–Crippen LogP) is 0.777. The molecule has 48 valence electrons. The van der Waals surface area contributed by atoms with Crippen molar-refractivity contribution in [2.24, 2.45) is 0 Å². The summed E-state index contributed by atoms with van der Waals surface area (Å²) < 4.78 is 5.42. The smallest absolute Gasteiger partial charge is 0.406 e. The molecular weight excluding hydrogens is 221 g/mol. The van der Waals surface area contributed by atoms with Crippen molar-refractivity contribution in [1.29, 1.82) is 0 Å². The molecule has 8 heavy (non-hydrogen) atoms. The summed E-state index contributed by atoms with van der Waals surface area (Å²) in [5.41, 5.74) is 0. The predicted molar refractivity (Wildman–Crippen MR) is 39.3 cm³/mol. The lowest BCUT2D eigenvalue weighted by atomic mass is 10.9. The average molecular weight is 229 g/mol. The molecule has 0 aliphatic rings. The van der Waals surface area contributed by atoms with Crippen LogP contribution in [0.1, 0.15) is 0 Å². The molecule has 3 nitrogen and oxygen atoms in total. The van der Waals surface area contributed by atoms with Crippen LogP contribution in [0.3, 0.4) is 0 Å². The molecule has 0 radical (unpaired) electrons. The third-order valence-corrected chi connectivity index (χ3v) is 0.955. The zero-order valence-corrected chi connectivity index (χ0v) is 6.77. The van der Waals surface area contributed by atoms with E-state index in [4.69, 9.17) is 0 Å². The van der Waals surface area contributed by atoms with Gasteiger partial charge in [0, 0.05) is 11.5 Å². The first kappa shape index (κ1) is 8.00. The van der Waals surface area contributed by atoms with Gasteiger partial charge >= 0.3 is 6.09 Å². The number of rotatable bonds is 2. The van der Waals surface area contributed by atoms with Crippen LogP contribution in [0.5, 0.6) is 0 Å². The summed E-state index contributed by atoms with van der Waals surface area (Å²) in [5, 5.41) is 2.34. The van der Waals surface area contributed by atoms with Gasteiger partial charge in [-0.2, -0.15) is 0 Å². The number of ether oxygens (including phenoxy) is 1. The molecule has 0 fully saturated rings. The minimum atomic E-state index is -0.360. The van der Waals surface area contributed by atoms with Crippen molar-refractivity contribution in [2.75, 3.05) is 18.1 Å². The minimum absolute atomic E-state index is 0.360. The molecule has 1 N–H and O–H groups in total. The van der Waals surface area contributed by atoms with Gasteiger partial charge in [-0.05, 0) is 0 Å². The van der Waals surface area contributed by atoms with Crippen LogP contribution in [0.4, 0.5) is 4.79 Å². The van der Waals surface area contributed by atoms with Crippen LogP contribution in [-0.4, -0.2) is 24.2 Å². The third-order valence-electron chi connectivity index (χ3n) is 0.514. The molecule has 1 amide bonds. The molecule has 0 saturated carbocycles. The van der Waals surface area contributed by atoms with Crippen molar-refractivity contribution < 1.29 is 9.53 Å². The maximum absolute atomic E-state index is 10.2. The summed E-state index contributed by atoms with van der Waals surface area (Å²) in [7, 11) is 1.54. The van der Waals surface area contributed by atoms with Crippen molar-refractivity contribution >= 4 is 28.7 Å². The summed E-state index contributed by atoms with van der Waals surface area (Å²) in [6.07, 6.45) is -0.360. The molecule has 0 spiro atoms. The monoisotopic (exact) mass is 229 g/mol. The second kappa shape index (κ2) is 5.14. The van der Waals surface area contributed by atoms with E-state index in [1.807, 2.05) is 0 Å². The Bertz CT molecular complexity index is 76.4. The molecule has 0 heterocycles. The highest BCUT2D eigenvalue weighted by molar-refractivity contribution is 14.1. The van der Waals surface area contributed by atoms with E-state index in [1.165, 1.54) is 7.05 Å². The van der Waals surface area contributed by atoms with Crippen LogP contribution in [-0.2, 0) is 4.74 Å². The summed E-state index contributed by atoms with van der Waals surface area (Å²) >= 11 is 2.13. The first-order valence-corrected chi connectivity index (χ1v) is 3.74. The van der Waals surface area contributed by atoms with Crippen LogP contribution in [0.15, 0.2) is 0 Å². The molecular formula is C4H8INO2. The Morgan fingerprint density at radius 3 is 2.88 bits per heavy atom. The number of halogens is 1. The number of amides is 1. The van der Waals surface area contributed by atoms with Crippen LogP contribution >= 0.6 is 22.6 Å². The Hall–Kier alpha value is 0. The van der Waals surface area contributed by atoms with E-state index in [-0.39, 0.29) is 6.09 Å². The number of alkyl carbamates (subject to hydrolysis) is 1. The van der Waals surface area contributed by atoms with Crippen LogP contribution < -0.4 is 5.32 Å². The van der Waals surface area contributed by atoms with Gasteiger partial charge < -0.3 is 10.1 Å². The quantitative estimate of drug-likeness (QED) is 0.561. The molecule has 4 heteroatoms. The van der Waals surface area contributed by atoms with Gasteiger partial charge in [0.25, 0.3) is 0 Å². The van der Waals surface area contributed by atoms with E-state index in [0.717, 1.165) is 4.43 Å². The molecule has 0 rings (SSSR count).